The average molecular weight is 305 g/mol. The molecule has 1 heterocycles. The number of piperidine rings is 1. The molecule has 0 saturated carbocycles. The van der Waals surface area contributed by atoms with Gasteiger partial charge in [0.1, 0.15) is 0 Å². The summed E-state index contributed by atoms with van der Waals surface area (Å²) in [6, 6.07) is 4.31. The molecule has 0 radical (unpaired) electrons. The number of aliphatic hydroxyl groups excluding tert-OH is 1. The van der Waals surface area contributed by atoms with E-state index in [4.69, 9.17) is 22.4 Å². The molecule has 1 fully saturated rings. The third kappa shape index (κ3) is 3.02. The molecule has 1 unspecified atom stereocenters. The molecule has 1 aromatic carbocycles. The van der Waals surface area contributed by atoms with Gasteiger partial charge in [-0.2, -0.15) is 4.31 Å². The normalized spacial score (nSPS) is 21.5. The molecule has 1 aromatic rings. The van der Waals surface area contributed by atoms with E-state index in [1.165, 1.54) is 22.5 Å². The number of halogens is 1. The van der Waals surface area contributed by atoms with Crippen LogP contribution in [0.3, 0.4) is 0 Å². The quantitative estimate of drug-likeness (QED) is 0.825. The van der Waals surface area contributed by atoms with Gasteiger partial charge >= 0.3 is 0 Å². The van der Waals surface area contributed by atoms with Gasteiger partial charge in [0.25, 0.3) is 0 Å². The molecule has 1 aliphatic rings. The van der Waals surface area contributed by atoms with Crippen LogP contribution in [0.4, 0.5) is 5.69 Å². The zero-order chi connectivity index (χ0) is 14.0. The van der Waals surface area contributed by atoms with Gasteiger partial charge in [-0.1, -0.05) is 11.6 Å². The molecule has 106 valence electrons. The van der Waals surface area contributed by atoms with Crippen molar-refractivity contribution in [2.45, 2.75) is 17.7 Å². The third-order valence-electron chi connectivity index (χ3n) is 3.35. The highest BCUT2D eigenvalue weighted by molar-refractivity contribution is 7.89. The zero-order valence-corrected chi connectivity index (χ0v) is 12.0. The number of hydrogen-bond acceptors (Lipinski definition) is 4. The monoisotopic (exact) mass is 304 g/mol. The van der Waals surface area contributed by atoms with Crippen molar-refractivity contribution in [3.63, 3.8) is 0 Å². The summed E-state index contributed by atoms with van der Waals surface area (Å²) in [7, 11) is -3.56. The van der Waals surface area contributed by atoms with Gasteiger partial charge < -0.3 is 10.8 Å². The first kappa shape index (κ1) is 14.6. The smallest absolute Gasteiger partial charge is 0.243 e. The number of rotatable bonds is 3. The van der Waals surface area contributed by atoms with Gasteiger partial charge in [0.15, 0.2) is 0 Å². The van der Waals surface area contributed by atoms with Gasteiger partial charge in [0.2, 0.25) is 10.0 Å². The van der Waals surface area contributed by atoms with E-state index in [0.29, 0.717) is 18.1 Å². The lowest BCUT2D eigenvalue weighted by atomic mass is 10.0. The lowest BCUT2D eigenvalue weighted by Crippen LogP contribution is -2.40. The fourth-order valence-corrected chi connectivity index (χ4v) is 3.93. The standard InChI is InChI=1S/C12H17ClN2O3S/c13-11-4-3-10(6-12(11)14)19(17,18)15-5-1-2-9(7-15)8-16/h3-4,6,9,16H,1-2,5,7-8,14H2. The number of nitrogens with two attached hydrogens (primary N) is 1. The first-order chi connectivity index (χ1) is 8.95. The summed E-state index contributed by atoms with van der Waals surface area (Å²) in [5, 5.41) is 9.51. The van der Waals surface area contributed by atoms with Gasteiger partial charge in [0.05, 0.1) is 15.6 Å². The van der Waals surface area contributed by atoms with Crippen LogP contribution >= 0.6 is 11.6 Å². The average Bonchev–Trinajstić information content (AvgIpc) is 2.41. The molecular weight excluding hydrogens is 288 g/mol. The lowest BCUT2D eigenvalue weighted by molar-refractivity contribution is 0.165. The van der Waals surface area contributed by atoms with Crippen molar-refractivity contribution < 1.29 is 13.5 Å². The number of aliphatic hydroxyl groups is 1. The van der Waals surface area contributed by atoms with Crippen molar-refractivity contribution in [1.29, 1.82) is 0 Å². The van der Waals surface area contributed by atoms with Gasteiger partial charge in [0, 0.05) is 19.7 Å². The molecule has 0 aliphatic carbocycles. The minimum absolute atomic E-state index is 0.00757. The molecule has 1 atom stereocenters. The maximum Gasteiger partial charge on any atom is 0.243 e. The van der Waals surface area contributed by atoms with Gasteiger partial charge in [-0.3, -0.25) is 0 Å². The molecule has 0 aromatic heterocycles. The van der Waals surface area contributed by atoms with E-state index in [9.17, 15) is 8.42 Å². The highest BCUT2D eigenvalue weighted by atomic mass is 35.5. The van der Waals surface area contributed by atoms with Crippen molar-refractivity contribution in [2.75, 3.05) is 25.4 Å². The topological polar surface area (TPSA) is 83.6 Å². The summed E-state index contributed by atoms with van der Waals surface area (Å²) in [4.78, 5) is 0.146. The van der Waals surface area contributed by atoms with Crippen LogP contribution in [0.5, 0.6) is 0 Å². The van der Waals surface area contributed by atoms with Crippen LogP contribution in [0.25, 0.3) is 0 Å². The molecule has 0 bridgehead atoms. The molecule has 1 saturated heterocycles. The van der Waals surface area contributed by atoms with Crippen LogP contribution in [-0.4, -0.2) is 37.5 Å². The van der Waals surface area contributed by atoms with Crippen molar-refractivity contribution >= 4 is 27.3 Å². The van der Waals surface area contributed by atoms with Gasteiger partial charge in [-0.15, -0.1) is 0 Å². The van der Waals surface area contributed by atoms with Crippen LogP contribution in [-0.2, 0) is 10.0 Å². The third-order valence-corrected chi connectivity index (χ3v) is 5.55. The van der Waals surface area contributed by atoms with Crippen LogP contribution < -0.4 is 5.73 Å². The Labute approximate surface area is 118 Å². The molecular formula is C12H17ClN2O3S. The highest BCUT2D eigenvalue weighted by Crippen LogP contribution is 2.27. The Morgan fingerprint density at radius 3 is 2.84 bits per heavy atom. The number of benzene rings is 1. The Hall–Kier alpha value is -0.820. The van der Waals surface area contributed by atoms with Crippen molar-refractivity contribution in [3.8, 4) is 0 Å². The zero-order valence-electron chi connectivity index (χ0n) is 10.4. The van der Waals surface area contributed by atoms with E-state index in [1.807, 2.05) is 0 Å². The van der Waals surface area contributed by atoms with E-state index in [-0.39, 0.29) is 23.1 Å². The molecule has 7 heteroatoms. The highest BCUT2D eigenvalue weighted by Gasteiger charge is 2.30. The van der Waals surface area contributed by atoms with Crippen molar-refractivity contribution in [1.82, 2.24) is 4.31 Å². The van der Waals surface area contributed by atoms with E-state index < -0.39 is 10.0 Å². The number of nitrogen functional groups attached to an aromatic ring is 1. The second kappa shape index (κ2) is 5.66. The Morgan fingerprint density at radius 2 is 2.21 bits per heavy atom. The summed E-state index contributed by atoms with van der Waals surface area (Å²) >= 11 is 5.80. The maximum atomic E-state index is 12.5. The molecule has 2 rings (SSSR count). The summed E-state index contributed by atoms with van der Waals surface area (Å²) in [6.45, 7) is 0.831. The number of sulfonamides is 1. The minimum atomic E-state index is -3.56. The summed E-state index contributed by atoms with van der Waals surface area (Å²) in [5.74, 6) is 0.00757. The van der Waals surface area contributed by atoms with E-state index in [0.717, 1.165) is 12.8 Å². The summed E-state index contributed by atoms with van der Waals surface area (Å²) in [5.41, 5.74) is 5.89. The predicted molar refractivity (Wildman–Crippen MR) is 74.4 cm³/mol. The van der Waals surface area contributed by atoms with Crippen LogP contribution in [0.15, 0.2) is 23.1 Å². The molecule has 0 amide bonds. The molecule has 1 aliphatic heterocycles. The Kier molecular flexibility index (Phi) is 4.35. The Bertz CT molecular complexity index is 562. The van der Waals surface area contributed by atoms with Gasteiger partial charge in [-0.05, 0) is 37.0 Å². The first-order valence-corrected chi connectivity index (χ1v) is 7.93. The minimum Gasteiger partial charge on any atom is -0.397 e. The van der Waals surface area contributed by atoms with E-state index in [1.54, 1.807) is 0 Å². The van der Waals surface area contributed by atoms with E-state index in [2.05, 4.69) is 0 Å². The molecule has 3 N–H and O–H groups in total. The van der Waals surface area contributed by atoms with Crippen LogP contribution in [0.1, 0.15) is 12.8 Å². The Morgan fingerprint density at radius 1 is 1.47 bits per heavy atom. The number of nitrogens with zero attached hydrogens (tertiary/aromatic N) is 1. The molecule has 5 nitrogen and oxygen atoms in total. The second-order valence-corrected chi connectivity index (χ2v) is 7.08. The fraction of sp³-hybridized carbons (Fsp3) is 0.500. The van der Waals surface area contributed by atoms with Crippen LogP contribution in [0.2, 0.25) is 5.02 Å². The summed E-state index contributed by atoms with van der Waals surface area (Å²) in [6.07, 6.45) is 1.61. The van der Waals surface area contributed by atoms with Crippen molar-refractivity contribution in [2.24, 2.45) is 5.92 Å². The Balaban J connectivity index is 2.28. The van der Waals surface area contributed by atoms with Crippen molar-refractivity contribution in [3.05, 3.63) is 23.2 Å². The molecule has 0 spiro atoms. The molecule has 19 heavy (non-hydrogen) atoms. The fourth-order valence-electron chi connectivity index (χ4n) is 2.23. The lowest BCUT2D eigenvalue weighted by Gasteiger charge is -2.31. The SMILES string of the molecule is Nc1cc(S(=O)(=O)N2CCCC(CO)C2)ccc1Cl. The summed E-state index contributed by atoms with van der Waals surface area (Å²) < 4.78 is 26.3. The van der Waals surface area contributed by atoms with E-state index >= 15 is 0 Å². The second-order valence-electron chi connectivity index (χ2n) is 4.74. The maximum absolute atomic E-state index is 12.5. The largest absolute Gasteiger partial charge is 0.397 e. The number of hydrogen-bond donors (Lipinski definition) is 2. The first-order valence-electron chi connectivity index (χ1n) is 6.11. The van der Waals surface area contributed by atoms with Crippen LogP contribution in [0, 0.1) is 5.92 Å². The van der Waals surface area contributed by atoms with Gasteiger partial charge in [-0.25, -0.2) is 8.42 Å². The number of anilines is 1. The predicted octanol–water partition coefficient (Wildman–Crippen LogP) is 1.32.